The zero-order chi connectivity index (χ0) is 18.9. The molecule has 0 fully saturated rings. The van der Waals surface area contributed by atoms with Gasteiger partial charge in [0, 0.05) is 61.4 Å². The standard InChI is InChI=1S/C21H33N3O/c1-14(2)24(15(3)4)12-11-22(7)21(25)18-9-10-20-19(13-18)16(5)17(6)23(20)8/h9-10,13-15H,11-12H2,1-8H3. The number of aryl methyl sites for hydroxylation is 2. The van der Waals surface area contributed by atoms with E-state index in [0.717, 1.165) is 18.7 Å². The van der Waals surface area contributed by atoms with Gasteiger partial charge < -0.3 is 9.47 Å². The van der Waals surface area contributed by atoms with Crippen molar-refractivity contribution in [2.24, 2.45) is 7.05 Å². The van der Waals surface area contributed by atoms with Crippen molar-refractivity contribution < 1.29 is 4.79 Å². The van der Waals surface area contributed by atoms with Crippen LogP contribution in [0.1, 0.15) is 49.3 Å². The van der Waals surface area contributed by atoms with Crippen molar-refractivity contribution in [3.05, 3.63) is 35.0 Å². The smallest absolute Gasteiger partial charge is 0.253 e. The molecule has 0 saturated heterocycles. The van der Waals surface area contributed by atoms with Gasteiger partial charge in [0.1, 0.15) is 0 Å². The first-order valence-electron chi connectivity index (χ1n) is 9.22. The van der Waals surface area contributed by atoms with Gasteiger partial charge in [-0.25, -0.2) is 0 Å². The first-order chi connectivity index (χ1) is 11.6. The Morgan fingerprint density at radius 2 is 1.68 bits per heavy atom. The summed E-state index contributed by atoms with van der Waals surface area (Å²) in [5.74, 6) is 0.0928. The lowest BCUT2D eigenvalue weighted by Gasteiger charge is -2.32. The van der Waals surface area contributed by atoms with E-state index in [1.165, 1.54) is 22.2 Å². The highest BCUT2D eigenvalue weighted by Gasteiger charge is 2.18. The average molecular weight is 344 g/mol. The quantitative estimate of drug-likeness (QED) is 0.793. The summed E-state index contributed by atoms with van der Waals surface area (Å²) < 4.78 is 2.19. The molecule has 0 N–H and O–H groups in total. The molecule has 0 saturated carbocycles. The zero-order valence-corrected chi connectivity index (χ0v) is 17.1. The van der Waals surface area contributed by atoms with Gasteiger partial charge in [-0.2, -0.15) is 0 Å². The van der Waals surface area contributed by atoms with E-state index in [9.17, 15) is 4.79 Å². The molecule has 0 bridgehead atoms. The van der Waals surface area contributed by atoms with Gasteiger partial charge in [-0.15, -0.1) is 0 Å². The number of fused-ring (bicyclic) bond motifs is 1. The molecule has 2 aromatic rings. The Hall–Kier alpha value is -1.81. The third-order valence-electron chi connectivity index (χ3n) is 5.42. The number of aromatic nitrogens is 1. The van der Waals surface area contributed by atoms with Crippen molar-refractivity contribution in [1.82, 2.24) is 14.4 Å². The Labute approximate surface area is 152 Å². The Kier molecular flexibility index (Phi) is 5.94. The molecule has 25 heavy (non-hydrogen) atoms. The molecule has 0 aliphatic rings. The predicted octanol–water partition coefficient (Wildman–Crippen LogP) is 3.99. The first-order valence-corrected chi connectivity index (χ1v) is 9.22. The lowest BCUT2D eigenvalue weighted by Crippen LogP contribution is -2.43. The average Bonchev–Trinajstić information content (AvgIpc) is 2.77. The van der Waals surface area contributed by atoms with Crippen molar-refractivity contribution in [3.8, 4) is 0 Å². The van der Waals surface area contributed by atoms with E-state index in [4.69, 9.17) is 0 Å². The van der Waals surface area contributed by atoms with Gasteiger partial charge in [0.2, 0.25) is 0 Å². The fourth-order valence-electron chi connectivity index (χ4n) is 3.59. The number of carbonyl (C=O) groups is 1. The Balaban J connectivity index is 2.17. The molecule has 2 rings (SSSR count). The topological polar surface area (TPSA) is 28.5 Å². The minimum absolute atomic E-state index is 0.0928. The third kappa shape index (κ3) is 3.90. The summed E-state index contributed by atoms with van der Waals surface area (Å²) in [5.41, 5.74) is 4.45. The minimum atomic E-state index is 0.0928. The van der Waals surface area contributed by atoms with Crippen molar-refractivity contribution >= 4 is 16.8 Å². The van der Waals surface area contributed by atoms with Gasteiger partial charge in [-0.3, -0.25) is 9.69 Å². The Bertz CT molecular complexity index is 750. The van der Waals surface area contributed by atoms with E-state index in [0.29, 0.717) is 12.1 Å². The summed E-state index contributed by atoms with van der Waals surface area (Å²) in [6, 6.07) is 7.01. The molecule has 0 radical (unpaired) electrons. The van der Waals surface area contributed by atoms with Crippen LogP contribution in [-0.4, -0.2) is 52.5 Å². The number of benzene rings is 1. The van der Waals surface area contributed by atoms with E-state index in [1.54, 1.807) is 0 Å². The molecule has 0 spiro atoms. The lowest BCUT2D eigenvalue weighted by molar-refractivity contribution is 0.0754. The van der Waals surface area contributed by atoms with Crippen LogP contribution in [0, 0.1) is 13.8 Å². The van der Waals surface area contributed by atoms with Gasteiger partial charge in [-0.1, -0.05) is 0 Å². The van der Waals surface area contributed by atoms with Crippen LogP contribution in [0.2, 0.25) is 0 Å². The van der Waals surface area contributed by atoms with Gasteiger partial charge in [-0.05, 0) is 65.3 Å². The number of amides is 1. The molecule has 0 aliphatic heterocycles. The Morgan fingerprint density at radius 3 is 2.24 bits per heavy atom. The molecule has 138 valence electrons. The first kappa shape index (κ1) is 19.5. The van der Waals surface area contributed by atoms with Crippen molar-refractivity contribution in [2.45, 2.75) is 53.6 Å². The lowest BCUT2D eigenvalue weighted by atomic mass is 10.1. The van der Waals surface area contributed by atoms with Gasteiger partial charge in [0.25, 0.3) is 5.91 Å². The molecule has 4 nitrogen and oxygen atoms in total. The van der Waals surface area contributed by atoms with Crippen LogP contribution in [0.15, 0.2) is 18.2 Å². The summed E-state index contributed by atoms with van der Waals surface area (Å²) in [6.07, 6.45) is 0. The van der Waals surface area contributed by atoms with E-state index in [1.807, 2.05) is 24.1 Å². The fourth-order valence-corrected chi connectivity index (χ4v) is 3.59. The number of nitrogens with zero attached hydrogens (tertiary/aromatic N) is 3. The largest absolute Gasteiger partial charge is 0.348 e. The highest BCUT2D eigenvalue weighted by Crippen LogP contribution is 2.25. The molecule has 0 unspecified atom stereocenters. The number of likely N-dealkylation sites (N-methyl/N-ethyl adjacent to an activating group) is 1. The molecular weight excluding hydrogens is 310 g/mol. The van der Waals surface area contributed by atoms with Gasteiger partial charge in [0.15, 0.2) is 0 Å². The monoisotopic (exact) mass is 343 g/mol. The molecule has 1 aromatic carbocycles. The molecule has 1 aromatic heterocycles. The second kappa shape index (κ2) is 7.61. The minimum Gasteiger partial charge on any atom is -0.348 e. The number of carbonyl (C=O) groups excluding carboxylic acids is 1. The molecular formula is C21H33N3O. The summed E-state index contributed by atoms with van der Waals surface area (Å²) >= 11 is 0. The number of hydrogen-bond acceptors (Lipinski definition) is 2. The molecule has 0 atom stereocenters. The predicted molar refractivity (Wildman–Crippen MR) is 106 cm³/mol. The van der Waals surface area contributed by atoms with Crippen LogP contribution < -0.4 is 0 Å². The number of rotatable bonds is 6. The van der Waals surface area contributed by atoms with E-state index >= 15 is 0 Å². The molecule has 0 aliphatic carbocycles. The summed E-state index contributed by atoms with van der Waals surface area (Å²) in [4.78, 5) is 17.1. The van der Waals surface area contributed by atoms with E-state index in [2.05, 4.69) is 64.1 Å². The van der Waals surface area contributed by atoms with Crippen molar-refractivity contribution in [3.63, 3.8) is 0 Å². The summed E-state index contributed by atoms with van der Waals surface area (Å²) in [5, 5.41) is 1.17. The third-order valence-corrected chi connectivity index (χ3v) is 5.42. The second-order valence-electron chi connectivity index (χ2n) is 7.65. The SMILES string of the molecule is Cc1c(C)n(C)c2ccc(C(=O)N(C)CCN(C(C)C)C(C)C)cc12. The normalized spacial score (nSPS) is 12.0. The van der Waals surface area contributed by atoms with Crippen LogP contribution in [-0.2, 0) is 7.05 Å². The van der Waals surface area contributed by atoms with E-state index in [-0.39, 0.29) is 5.91 Å². The highest BCUT2D eigenvalue weighted by atomic mass is 16.2. The van der Waals surface area contributed by atoms with Crippen LogP contribution in [0.4, 0.5) is 0 Å². The second-order valence-corrected chi connectivity index (χ2v) is 7.65. The highest BCUT2D eigenvalue weighted by molar-refractivity contribution is 5.99. The fraction of sp³-hybridized carbons (Fsp3) is 0.571. The van der Waals surface area contributed by atoms with Crippen LogP contribution in [0.5, 0.6) is 0 Å². The molecule has 1 amide bonds. The zero-order valence-electron chi connectivity index (χ0n) is 17.1. The maximum absolute atomic E-state index is 12.8. The van der Waals surface area contributed by atoms with E-state index < -0.39 is 0 Å². The van der Waals surface area contributed by atoms with Crippen LogP contribution >= 0.6 is 0 Å². The Morgan fingerprint density at radius 1 is 1.08 bits per heavy atom. The van der Waals surface area contributed by atoms with Crippen molar-refractivity contribution in [1.29, 1.82) is 0 Å². The van der Waals surface area contributed by atoms with Crippen LogP contribution in [0.25, 0.3) is 10.9 Å². The van der Waals surface area contributed by atoms with Crippen LogP contribution in [0.3, 0.4) is 0 Å². The maximum Gasteiger partial charge on any atom is 0.253 e. The van der Waals surface area contributed by atoms with Gasteiger partial charge in [0.05, 0.1) is 0 Å². The molecule has 4 heteroatoms. The summed E-state index contributed by atoms with van der Waals surface area (Å²) in [6.45, 7) is 14.7. The van der Waals surface area contributed by atoms with Gasteiger partial charge >= 0.3 is 0 Å². The number of hydrogen-bond donors (Lipinski definition) is 0. The maximum atomic E-state index is 12.8. The molecule has 1 heterocycles. The van der Waals surface area contributed by atoms with Crippen molar-refractivity contribution in [2.75, 3.05) is 20.1 Å². The summed E-state index contributed by atoms with van der Waals surface area (Å²) in [7, 11) is 3.97.